The molecular weight excluding hydrogens is 466 g/mol. The molecule has 0 bridgehead atoms. The van der Waals surface area contributed by atoms with Gasteiger partial charge in [0.1, 0.15) is 12.4 Å². The van der Waals surface area contributed by atoms with Crippen LogP contribution in [0.4, 0.5) is 0 Å². The van der Waals surface area contributed by atoms with Crippen molar-refractivity contribution in [2.75, 3.05) is 48.6 Å². The van der Waals surface area contributed by atoms with Gasteiger partial charge in [-0.05, 0) is 62.1 Å². The SMILES string of the molecule is COc1ccc(C(=O)C=Cc2cc(-c3ccccc3Cl)ccc2OCCN(C)C)c(OC)c1OC. The van der Waals surface area contributed by atoms with E-state index in [-0.39, 0.29) is 5.78 Å². The number of hydrogen-bond donors (Lipinski definition) is 0. The van der Waals surface area contributed by atoms with Crippen molar-refractivity contribution in [3.05, 3.63) is 76.8 Å². The van der Waals surface area contributed by atoms with Crippen molar-refractivity contribution in [2.45, 2.75) is 0 Å². The summed E-state index contributed by atoms with van der Waals surface area (Å²) in [6, 6.07) is 16.8. The first-order valence-corrected chi connectivity index (χ1v) is 11.4. The zero-order chi connectivity index (χ0) is 25.4. The molecule has 3 rings (SSSR count). The Morgan fingerprint density at radius 2 is 1.63 bits per heavy atom. The van der Waals surface area contributed by atoms with Crippen molar-refractivity contribution in [3.8, 4) is 34.1 Å². The fourth-order valence-corrected chi connectivity index (χ4v) is 3.81. The molecule has 0 spiro atoms. The average Bonchev–Trinajstić information content (AvgIpc) is 2.86. The van der Waals surface area contributed by atoms with Crippen LogP contribution < -0.4 is 18.9 Å². The molecule has 0 aliphatic carbocycles. The maximum atomic E-state index is 13.2. The second-order valence-electron chi connectivity index (χ2n) is 7.96. The van der Waals surface area contributed by atoms with Crippen LogP contribution >= 0.6 is 11.6 Å². The number of methoxy groups -OCH3 is 3. The zero-order valence-corrected chi connectivity index (χ0v) is 21.4. The van der Waals surface area contributed by atoms with Crippen molar-refractivity contribution >= 4 is 23.5 Å². The van der Waals surface area contributed by atoms with Gasteiger partial charge in [0, 0.05) is 22.7 Å². The van der Waals surface area contributed by atoms with E-state index in [1.807, 2.05) is 61.5 Å². The molecule has 0 saturated heterocycles. The number of ketones is 1. The summed E-state index contributed by atoms with van der Waals surface area (Å²) < 4.78 is 22.2. The highest BCUT2D eigenvalue weighted by Gasteiger charge is 2.19. The Hall–Kier alpha value is -3.48. The third-order valence-corrected chi connectivity index (χ3v) is 5.70. The fourth-order valence-electron chi connectivity index (χ4n) is 3.56. The minimum absolute atomic E-state index is 0.245. The maximum Gasteiger partial charge on any atom is 0.204 e. The van der Waals surface area contributed by atoms with E-state index in [0.717, 1.165) is 23.2 Å². The molecule has 0 aromatic heterocycles. The van der Waals surface area contributed by atoms with Gasteiger partial charge in [-0.1, -0.05) is 35.9 Å². The van der Waals surface area contributed by atoms with Crippen molar-refractivity contribution < 1.29 is 23.7 Å². The molecule has 184 valence electrons. The molecule has 0 aliphatic rings. The summed E-state index contributed by atoms with van der Waals surface area (Å²) in [6.07, 6.45) is 3.23. The fraction of sp³-hybridized carbons (Fsp3) is 0.250. The summed E-state index contributed by atoms with van der Waals surface area (Å²) in [6.45, 7) is 1.27. The summed E-state index contributed by atoms with van der Waals surface area (Å²) >= 11 is 6.42. The first kappa shape index (κ1) is 26.1. The highest BCUT2D eigenvalue weighted by Crippen LogP contribution is 2.40. The third-order valence-electron chi connectivity index (χ3n) is 5.37. The predicted molar refractivity (Wildman–Crippen MR) is 140 cm³/mol. The van der Waals surface area contributed by atoms with Gasteiger partial charge in [0.05, 0.1) is 26.9 Å². The van der Waals surface area contributed by atoms with Gasteiger partial charge in [0.25, 0.3) is 0 Å². The van der Waals surface area contributed by atoms with Gasteiger partial charge < -0.3 is 23.8 Å². The number of carbonyl (C=O) groups is 1. The normalized spacial score (nSPS) is 11.1. The van der Waals surface area contributed by atoms with Crippen LogP contribution in [0.1, 0.15) is 15.9 Å². The van der Waals surface area contributed by atoms with Gasteiger partial charge >= 0.3 is 0 Å². The Labute approximate surface area is 211 Å². The van der Waals surface area contributed by atoms with E-state index in [9.17, 15) is 4.79 Å². The molecule has 0 fully saturated rings. The molecule has 6 nitrogen and oxygen atoms in total. The lowest BCUT2D eigenvalue weighted by Gasteiger charge is -2.15. The van der Waals surface area contributed by atoms with Gasteiger partial charge in [0.2, 0.25) is 5.75 Å². The molecule has 0 saturated carbocycles. The van der Waals surface area contributed by atoms with Crippen LogP contribution in [0.15, 0.2) is 60.7 Å². The summed E-state index contributed by atoms with van der Waals surface area (Å²) in [4.78, 5) is 15.2. The molecule has 0 heterocycles. The lowest BCUT2D eigenvalue weighted by atomic mass is 10.0. The molecular formula is C28H30ClNO5. The van der Waals surface area contributed by atoms with Crippen molar-refractivity contribution in [3.63, 3.8) is 0 Å². The van der Waals surface area contributed by atoms with Crippen LogP contribution in [0.3, 0.4) is 0 Å². The number of halogens is 1. The van der Waals surface area contributed by atoms with Crippen LogP contribution in [-0.2, 0) is 0 Å². The quantitative estimate of drug-likeness (QED) is 0.245. The van der Waals surface area contributed by atoms with E-state index < -0.39 is 0 Å². The highest BCUT2D eigenvalue weighted by atomic mass is 35.5. The Morgan fingerprint density at radius 1 is 0.914 bits per heavy atom. The monoisotopic (exact) mass is 495 g/mol. The smallest absolute Gasteiger partial charge is 0.204 e. The number of carbonyl (C=O) groups excluding carboxylic acids is 1. The zero-order valence-electron chi connectivity index (χ0n) is 20.6. The second-order valence-corrected chi connectivity index (χ2v) is 8.37. The van der Waals surface area contributed by atoms with Crippen LogP contribution in [0, 0.1) is 0 Å². The average molecular weight is 496 g/mol. The number of allylic oxidation sites excluding steroid dienone is 1. The molecule has 35 heavy (non-hydrogen) atoms. The molecule has 0 radical (unpaired) electrons. The molecule has 0 N–H and O–H groups in total. The van der Waals surface area contributed by atoms with Crippen LogP contribution in [-0.4, -0.2) is 59.3 Å². The van der Waals surface area contributed by atoms with Crippen molar-refractivity contribution in [2.24, 2.45) is 0 Å². The second kappa shape index (κ2) is 12.3. The summed E-state index contributed by atoms with van der Waals surface area (Å²) in [7, 11) is 8.49. The number of nitrogens with zero attached hydrogens (tertiary/aromatic N) is 1. The van der Waals surface area contributed by atoms with Crippen molar-refractivity contribution in [1.29, 1.82) is 0 Å². The predicted octanol–water partition coefficient (Wildman–Crippen LogP) is 5.87. The third kappa shape index (κ3) is 6.35. The maximum absolute atomic E-state index is 13.2. The molecule has 3 aromatic rings. The summed E-state index contributed by atoms with van der Waals surface area (Å²) in [5.41, 5.74) is 2.94. The van der Waals surface area contributed by atoms with Gasteiger partial charge in [-0.3, -0.25) is 4.79 Å². The van der Waals surface area contributed by atoms with E-state index in [1.54, 1.807) is 18.2 Å². The number of likely N-dealkylation sites (N-methyl/N-ethyl adjacent to an activating group) is 1. The minimum Gasteiger partial charge on any atom is -0.493 e. The van der Waals surface area contributed by atoms with Gasteiger partial charge in [-0.25, -0.2) is 0 Å². The van der Waals surface area contributed by atoms with Crippen LogP contribution in [0.25, 0.3) is 17.2 Å². The number of benzene rings is 3. The van der Waals surface area contributed by atoms with E-state index in [1.165, 1.54) is 27.4 Å². The first-order chi connectivity index (χ1) is 16.9. The minimum atomic E-state index is -0.245. The lowest BCUT2D eigenvalue weighted by molar-refractivity contribution is 0.104. The highest BCUT2D eigenvalue weighted by molar-refractivity contribution is 6.33. The molecule has 0 atom stereocenters. The molecule has 7 heteroatoms. The number of hydrogen-bond acceptors (Lipinski definition) is 6. The van der Waals surface area contributed by atoms with Crippen LogP contribution in [0.5, 0.6) is 23.0 Å². The number of rotatable bonds is 11. The lowest BCUT2D eigenvalue weighted by Crippen LogP contribution is -2.19. The first-order valence-electron chi connectivity index (χ1n) is 11.1. The Balaban J connectivity index is 1.99. The number of ether oxygens (including phenoxy) is 4. The standard InChI is InChI=1S/C28H30ClNO5/c1-30(2)16-17-35-25-14-11-19(21-8-6-7-9-23(21)29)18-20(25)10-13-24(31)22-12-15-26(32-3)28(34-5)27(22)33-4/h6-15,18H,16-17H2,1-5H3. The van der Waals surface area contributed by atoms with Crippen molar-refractivity contribution in [1.82, 2.24) is 4.90 Å². The summed E-state index contributed by atoms with van der Waals surface area (Å²) in [5.74, 6) is 1.58. The largest absolute Gasteiger partial charge is 0.493 e. The molecule has 0 amide bonds. The summed E-state index contributed by atoms with van der Waals surface area (Å²) in [5, 5.41) is 0.648. The van der Waals surface area contributed by atoms with Gasteiger partial charge in [-0.15, -0.1) is 0 Å². The van der Waals surface area contributed by atoms with Gasteiger partial charge in [-0.2, -0.15) is 0 Å². The van der Waals surface area contributed by atoms with Gasteiger partial charge in [0.15, 0.2) is 17.3 Å². The van der Waals surface area contributed by atoms with Crippen LogP contribution in [0.2, 0.25) is 5.02 Å². The Morgan fingerprint density at radius 3 is 2.29 bits per heavy atom. The molecule has 0 aliphatic heterocycles. The topological polar surface area (TPSA) is 57.2 Å². The Bertz CT molecular complexity index is 1210. The molecule has 0 unspecified atom stereocenters. The molecule has 3 aromatic carbocycles. The Kier molecular flexibility index (Phi) is 9.18. The van der Waals surface area contributed by atoms with E-state index in [0.29, 0.717) is 40.2 Å². The van der Waals surface area contributed by atoms with E-state index >= 15 is 0 Å². The van der Waals surface area contributed by atoms with E-state index in [4.69, 9.17) is 30.5 Å². The van der Waals surface area contributed by atoms with E-state index in [2.05, 4.69) is 0 Å².